The van der Waals surface area contributed by atoms with E-state index in [9.17, 15) is 4.79 Å². The first-order valence-electron chi connectivity index (χ1n) is 10.8. The van der Waals surface area contributed by atoms with E-state index in [1.165, 1.54) is 0 Å². The standard InChI is InChI=1S/C25H28N4O2/c1-17(30)20-6-8-22(9-7-20)25-24(21-4-2-18(14-26)3-5-21)28-15-23(29-25)31-16-19-10-12-27-13-11-19/h2-9,15,19,27H,10-14,16,26H2,1H3. The molecule has 0 unspecified atom stereocenters. The predicted octanol–water partition coefficient (Wildman–Crippen LogP) is 3.85. The first-order chi connectivity index (χ1) is 15.1. The minimum absolute atomic E-state index is 0.0364. The highest BCUT2D eigenvalue weighted by atomic mass is 16.5. The fourth-order valence-electron chi connectivity index (χ4n) is 3.77. The molecule has 31 heavy (non-hydrogen) atoms. The van der Waals surface area contributed by atoms with Crippen LogP contribution in [0.1, 0.15) is 35.7 Å². The maximum atomic E-state index is 11.7. The van der Waals surface area contributed by atoms with Gasteiger partial charge in [0.1, 0.15) is 5.69 Å². The van der Waals surface area contributed by atoms with Gasteiger partial charge < -0.3 is 15.8 Å². The topological polar surface area (TPSA) is 90.1 Å². The molecule has 0 saturated carbocycles. The SMILES string of the molecule is CC(=O)c1ccc(-c2nc(OCC3CCNCC3)cnc2-c2ccc(CN)cc2)cc1. The Morgan fingerprint density at radius 3 is 2.32 bits per heavy atom. The number of Topliss-reactive ketones (excluding diaryl/α,β-unsaturated/α-hetero) is 1. The maximum Gasteiger partial charge on any atom is 0.232 e. The number of nitrogens with one attached hydrogen (secondary N) is 1. The summed E-state index contributed by atoms with van der Waals surface area (Å²) >= 11 is 0. The molecule has 6 nitrogen and oxygen atoms in total. The van der Waals surface area contributed by atoms with Crippen molar-refractivity contribution >= 4 is 5.78 Å². The van der Waals surface area contributed by atoms with E-state index in [1.54, 1.807) is 13.1 Å². The second-order valence-electron chi connectivity index (χ2n) is 7.94. The van der Waals surface area contributed by atoms with Crippen molar-refractivity contribution in [3.05, 3.63) is 65.9 Å². The number of hydrogen-bond donors (Lipinski definition) is 2. The Labute approximate surface area is 182 Å². The summed E-state index contributed by atoms with van der Waals surface area (Å²) in [7, 11) is 0. The number of carbonyl (C=O) groups excluding carboxylic acids is 1. The normalized spacial score (nSPS) is 14.4. The number of ether oxygens (including phenoxy) is 1. The zero-order valence-corrected chi connectivity index (χ0v) is 17.8. The van der Waals surface area contributed by atoms with Crippen molar-refractivity contribution in [3.63, 3.8) is 0 Å². The van der Waals surface area contributed by atoms with Crippen LogP contribution in [-0.2, 0) is 6.54 Å². The lowest BCUT2D eigenvalue weighted by Gasteiger charge is -2.22. The lowest BCUT2D eigenvalue weighted by Crippen LogP contribution is -2.30. The van der Waals surface area contributed by atoms with E-state index in [4.69, 9.17) is 20.4 Å². The van der Waals surface area contributed by atoms with Gasteiger partial charge in [-0.05, 0) is 44.3 Å². The third-order valence-corrected chi connectivity index (χ3v) is 5.70. The average Bonchev–Trinajstić information content (AvgIpc) is 2.83. The van der Waals surface area contributed by atoms with Crippen molar-refractivity contribution in [1.29, 1.82) is 0 Å². The van der Waals surface area contributed by atoms with Crippen LogP contribution >= 0.6 is 0 Å². The van der Waals surface area contributed by atoms with Gasteiger partial charge in [0.15, 0.2) is 5.78 Å². The van der Waals surface area contributed by atoms with Gasteiger partial charge in [-0.15, -0.1) is 0 Å². The van der Waals surface area contributed by atoms with Gasteiger partial charge in [0, 0.05) is 23.2 Å². The molecule has 6 heteroatoms. The maximum absolute atomic E-state index is 11.7. The van der Waals surface area contributed by atoms with Crippen molar-refractivity contribution in [2.45, 2.75) is 26.3 Å². The molecular weight excluding hydrogens is 388 g/mol. The molecule has 1 aliphatic heterocycles. The van der Waals surface area contributed by atoms with Gasteiger partial charge in [-0.25, -0.2) is 9.97 Å². The van der Waals surface area contributed by atoms with Gasteiger partial charge >= 0.3 is 0 Å². The zero-order chi connectivity index (χ0) is 21.6. The van der Waals surface area contributed by atoms with Crippen molar-refractivity contribution in [3.8, 4) is 28.4 Å². The van der Waals surface area contributed by atoms with E-state index >= 15 is 0 Å². The number of benzene rings is 2. The molecule has 1 aliphatic rings. The fraction of sp³-hybridized carbons (Fsp3) is 0.320. The van der Waals surface area contributed by atoms with Gasteiger partial charge in [-0.2, -0.15) is 0 Å². The van der Waals surface area contributed by atoms with Crippen LogP contribution in [0.5, 0.6) is 5.88 Å². The van der Waals surface area contributed by atoms with Gasteiger partial charge in [0.2, 0.25) is 5.88 Å². The van der Waals surface area contributed by atoms with Crippen molar-refractivity contribution in [2.75, 3.05) is 19.7 Å². The molecule has 0 atom stereocenters. The van der Waals surface area contributed by atoms with E-state index in [1.807, 2.05) is 48.5 Å². The van der Waals surface area contributed by atoms with E-state index in [2.05, 4.69) is 5.32 Å². The van der Waals surface area contributed by atoms with E-state index < -0.39 is 0 Å². The van der Waals surface area contributed by atoms with Crippen LogP contribution in [0.25, 0.3) is 22.5 Å². The Kier molecular flexibility index (Phi) is 6.70. The van der Waals surface area contributed by atoms with Crippen molar-refractivity contribution in [2.24, 2.45) is 11.7 Å². The first kappa shape index (κ1) is 21.2. The number of nitrogens with two attached hydrogens (primary N) is 1. The Hall–Kier alpha value is -3.09. The number of piperidine rings is 1. The predicted molar refractivity (Wildman–Crippen MR) is 122 cm³/mol. The quantitative estimate of drug-likeness (QED) is 0.569. The van der Waals surface area contributed by atoms with Gasteiger partial charge in [-0.3, -0.25) is 4.79 Å². The van der Waals surface area contributed by atoms with E-state index in [0.717, 1.165) is 54.0 Å². The number of nitrogens with zero attached hydrogens (tertiary/aromatic N) is 2. The molecule has 0 aliphatic carbocycles. The number of carbonyl (C=O) groups is 1. The summed E-state index contributed by atoms with van der Waals surface area (Å²) < 4.78 is 6.02. The Morgan fingerprint density at radius 2 is 1.68 bits per heavy atom. The monoisotopic (exact) mass is 416 g/mol. The number of aromatic nitrogens is 2. The zero-order valence-electron chi connectivity index (χ0n) is 17.8. The van der Waals surface area contributed by atoms with Gasteiger partial charge in [0.05, 0.1) is 18.5 Å². The lowest BCUT2D eigenvalue weighted by molar-refractivity contribution is 0.101. The highest BCUT2D eigenvalue weighted by Crippen LogP contribution is 2.31. The van der Waals surface area contributed by atoms with Crippen molar-refractivity contribution in [1.82, 2.24) is 15.3 Å². The molecule has 3 aromatic rings. The summed E-state index contributed by atoms with van der Waals surface area (Å²) in [5, 5.41) is 3.37. The molecule has 3 N–H and O–H groups in total. The molecule has 0 amide bonds. The molecule has 2 heterocycles. The summed E-state index contributed by atoms with van der Waals surface area (Å²) in [6, 6.07) is 15.5. The Morgan fingerprint density at radius 1 is 1.03 bits per heavy atom. The summed E-state index contributed by atoms with van der Waals surface area (Å²) in [6.45, 7) is 4.77. The summed E-state index contributed by atoms with van der Waals surface area (Å²) in [6.07, 6.45) is 3.91. The van der Waals surface area contributed by atoms with E-state index in [0.29, 0.717) is 30.5 Å². The van der Waals surface area contributed by atoms with Gasteiger partial charge in [0.25, 0.3) is 0 Å². The second-order valence-corrected chi connectivity index (χ2v) is 7.94. The van der Waals surface area contributed by atoms with Crippen LogP contribution in [0.15, 0.2) is 54.7 Å². The van der Waals surface area contributed by atoms with Crippen LogP contribution in [0.2, 0.25) is 0 Å². The smallest absolute Gasteiger partial charge is 0.232 e. The van der Waals surface area contributed by atoms with Crippen LogP contribution in [0.4, 0.5) is 0 Å². The van der Waals surface area contributed by atoms with Crippen molar-refractivity contribution < 1.29 is 9.53 Å². The minimum Gasteiger partial charge on any atom is -0.476 e. The minimum atomic E-state index is 0.0364. The summed E-state index contributed by atoms with van der Waals surface area (Å²) in [4.78, 5) is 21.2. The summed E-state index contributed by atoms with van der Waals surface area (Å²) in [5.74, 6) is 1.09. The number of hydrogen-bond acceptors (Lipinski definition) is 6. The number of ketones is 1. The highest BCUT2D eigenvalue weighted by molar-refractivity contribution is 5.94. The molecule has 2 aromatic carbocycles. The highest BCUT2D eigenvalue weighted by Gasteiger charge is 2.17. The molecule has 0 radical (unpaired) electrons. The molecule has 1 fully saturated rings. The fourth-order valence-corrected chi connectivity index (χ4v) is 3.77. The first-order valence-corrected chi connectivity index (χ1v) is 10.8. The molecule has 0 spiro atoms. The molecule has 1 saturated heterocycles. The van der Waals surface area contributed by atoms with Gasteiger partial charge in [-0.1, -0.05) is 48.5 Å². The Balaban J connectivity index is 1.66. The molecular formula is C25H28N4O2. The van der Waals surface area contributed by atoms with E-state index in [-0.39, 0.29) is 5.78 Å². The second kappa shape index (κ2) is 9.81. The summed E-state index contributed by atoms with van der Waals surface area (Å²) in [5.41, 5.74) is 10.8. The number of rotatable bonds is 7. The molecule has 0 bridgehead atoms. The third kappa shape index (κ3) is 5.16. The molecule has 4 rings (SSSR count). The molecule has 160 valence electrons. The van der Waals surface area contributed by atoms with Crippen LogP contribution in [0, 0.1) is 5.92 Å². The van der Waals surface area contributed by atoms with Crippen LogP contribution in [0.3, 0.4) is 0 Å². The average molecular weight is 417 g/mol. The third-order valence-electron chi connectivity index (χ3n) is 5.70. The Bertz CT molecular complexity index is 1030. The largest absolute Gasteiger partial charge is 0.476 e. The van der Waals surface area contributed by atoms with Crippen LogP contribution in [-0.4, -0.2) is 35.4 Å². The van der Waals surface area contributed by atoms with Crippen LogP contribution < -0.4 is 15.8 Å². The lowest BCUT2D eigenvalue weighted by atomic mass is 9.99. The molecule has 1 aromatic heterocycles.